The molecule has 2 heterocycles. The molecule has 5 nitrogen and oxygen atoms in total. The van der Waals surface area contributed by atoms with Crippen molar-refractivity contribution >= 4 is 5.82 Å². The molecular formula is C10H13N5. The predicted molar refractivity (Wildman–Crippen MR) is 58.1 cm³/mol. The molecule has 5 heteroatoms. The van der Waals surface area contributed by atoms with Gasteiger partial charge in [0.1, 0.15) is 5.82 Å². The van der Waals surface area contributed by atoms with Crippen LogP contribution >= 0.6 is 0 Å². The van der Waals surface area contributed by atoms with Crippen LogP contribution in [0.3, 0.4) is 0 Å². The molecular weight excluding hydrogens is 190 g/mol. The summed E-state index contributed by atoms with van der Waals surface area (Å²) < 4.78 is 1.88. The third-order valence-corrected chi connectivity index (χ3v) is 2.08. The van der Waals surface area contributed by atoms with Gasteiger partial charge in [0, 0.05) is 17.8 Å². The molecule has 0 aliphatic carbocycles. The van der Waals surface area contributed by atoms with Crippen LogP contribution in [0.5, 0.6) is 0 Å². The van der Waals surface area contributed by atoms with E-state index in [1.165, 1.54) is 6.20 Å². The topological polar surface area (TPSA) is 69.6 Å². The third-order valence-electron chi connectivity index (χ3n) is 2.08. The van der Waals surface area contributed by atoms with Gasteiger partial charge in [-0.3, -0.25) is 9.67 Å². The van der Waals surface area contributed by atoms with Crippen LogP contribution in [0.2, 0.25) is 0 Å². The van der Waals surface area contributed by atoms with E-state index in [4.69, 9.17) is 5.73 Å². The van der Waals surface area contributed by atoms with Gasteiger partial charge < -0.3 is 5.73 Å². The van der Waals surface area contributed by atoms with E-state index < -0.39 is 0 Å². The molecule has 0 aliphatic rings. The van der Waals surface area contributed by atoms with Crippen molar-refractivity contribution < 1.29 is 0 Å². The van der Waals surface area contributed by atoms with Crippen molar-refractivity contribution in [2.24, 2.45) is 0 Å². The average molecular weight is 203 g/mol. The van der Waals surface area contributed by atoms with E-state index in [0.29, 0.717) is 11.9 Å². The van der Waals surface area contributed by atoms with Crippen LogP contribution in [0, 0.1) is 0 Å². The van der Waals surface area contributed by atoms with E-state index in [-0.39, 0.29) is 0 Å². The first kappa shape index (κ1) is 9.64. The summed E-state index contributed by atoms with van der Waals surface area (Å²) in [6, 6.07) is 0.341. The van der Waals surface area contributed by atoms with Gasteiger partial charge in [0.2, 0.25) is 0 Å². The molecule has 78 valence electrons. The lowest BCUT2D eigenvalue weighted by atomic mass is 10.3. The van der Waals surface area contributed by atoms with Crippen molar-refractivity contribution in [3.63, 3.8) is 0 Å². The Labute approximate surface area is 88.0 Å². The lowest BCUT2D eigenvalue weighted by Crippen LogP contribution is -1.99. The second-order valence-electron chi connectivity index (χ2n) is 3.63. The number of hydrogen-bond donors (Lipinski definition) is 1. The second kappa shape index (κ2) is 3.68. The average Bonchev–Trinajstić information content (AvgIpc) is 2.66. The van der Waals surface area contributed by atoms with Crippen molar-refractivity contribution in [2.75, 3.05) is 5.73 Å². The van der Waals surface area contributed by atoms with Crippen molar-refractivity contribution in [1.82, 2.24) is 19.7 Å². The molecule has 0 saturated carbocycles. The van der Waals surface area contributed by atoms with Crippen LogP contribution in [0.25, 0.3) is 11.3 Å². The van der Waals surface area contributed by atoms with Crippen LogP contribution in [0.15, 0.2) is 24.8 Å². The Hall–Kier alpha value is -1.91. The molecule has 0 atom stereocenters. The Morgan fingerprint density at radius 2 is 2.07 bits per heavy atom. The van der Waals surface area contributed by atoms with Crippen molar-refractivity contribution in [3.05, 3.63) is 24.8 Å². The second-order valence-corrected chi connectivity index (χ2v) is 3.63. The molecule has 2 aromatic rings. The number of nitrogen functional groups attached to an aromatic ring is 1. The Bertz CT molecular complexity index is 460. The Morgan fingerprint density at radius 1 is 1.27 bits per heavy atom. The minimum atomic E-state index is 0.341. The quantitative estimate of drug-likeness (QED) is 0.803. The molecule has 0 aliphatic heterocycles. The normalized spacial score (nSPS) is 10.9. The van der Waals surface area contributed by atoms with E-state index in [0.717, 1.165) is 11.3 Å². The molecule has 0 saturated heterocycles. The smallest absolute Gasteiger partial charge is 0.142 e. The minimum absolute atomic E-state index is 0.341. The highest BCUT2D eigenvalue weighted by Crippen LogP contribution is 2.17. The van der Waals surface area contributed by atoms with Gasteiger partial charge in [-0.2, -0.15) is 5.10 Å². The van der Waals surface area contributed by atoms with Crippen molar-refractivity contribution in [3.8, 4) is 11.3 Å². The maximum Gasteiger partial charge on any atom is 0.142 e. The highest BCUT2D eigenvalue weighted by atomic mass is 15.3. The van der Waals surface area contributed by atoms with E-state index in [9.17, 15) is 0 Å². The summed E-state index contributed by atoms with van der Waals surface area (Å²) in [5.74, 6) is 0.421. The predicted octanol–water partition coefficient (Wildman–Crippen LogP) is 1.50. The molecule has 0 spiro atoms. The van der Waals surface area contributed by atoms with Crippen LogP contribution in [-0.2, 0) is 0 Å². The Morgan fingerprint density at radius 3 is 2.67 bits per heavy atom. The standard InChI is InChI=1S/C10H13N5/c1-7(2)15-6-8(3-13-15)9-4-12-5-10(11)14-9/h3-7H,1-2H3,(H2,11,14). The van der Waals surface area contributed by atoms with Gasteiger partial charge in [0.05, 0.1) is 24.3 Å². The van der Waals surface area contributed by atoms with Gasteiger partial charge in [-0.05, 0) is 13.8 Å². The maximum absolute atomic E-state index is 5.56. The minimum Gasteiger partial charge on any atom is -0.382 e. The number of nitrogens with two attached hydrogens (primary N) is 1. The van der Waals surface area contributed by atoms with Crippen LogP contribution < -0.4 is 5.73 Å². The van der Waals surface area contributed by atoms with Crippen LogP contribution in [0.1, 0.15) is 19.9 Å². The Balaban J connectivity index is 2.37. The number of hydrogen-bond acceptors (Lipinski definition) is 4. The van der Waals surface area contributed by atoms with E-state index in [2.05, 4.69) is 28.9 Å². The first-order valence-electron chi connectivity index (χ1n) is 4.79. The highest BCUT2D eigenvalue weighted by Gasteiger charge is 2.05. The fraction of sp³-hybridized carbons (Fsp3) is 0.300. The van der Waals surface area contributed by atoms with Gasteiger partial charge in [-0.15, -0.1) is 0 Å². The van der Waals surface area contributed by atoms with Crippen molar-refractivity contribution in [1.29, 1.82) is 0 Å². The third kappa shape index (κ3) is 1.96. The maximum atomic E-state index is 5.56. The van der Waals surface area contributed by atoms with Gasteiger partial charge in [0.15, 0.2) is 0 Å². The molecule has 15 heavy (non-hydrogen) atoms. The largest absolute Gasteiger partial charge is 0.382 e. The molecule has 0 amide bonds. The summed E-state index contributed by atoms with van der Waals surface area (Å²) >= 11 is 0. The molecule has 0 radical (unpaired) electrons. The van der Waals surface area contributed by atoms with Gasteiger partial charge >= 0.3 is 0 Å². The van der Waals surface area contributed by atoms with E-state index in [1.807, 2.05) is 10.9 Å². The zero-order valence-corrected chi connectivity index (χ0v) is 8.75. The summed E-state index contributed by atoms with van der Waals surface area (Å²) in [5.41, 5.74) is 7.25. The lowest BCUT2D eigenvalue weighted by Gasteiger charge is -2.02. The molecule has 0 bridgehead atoms. The number of aromatic nitrogens is 4. The van der Waals surface area contributed by atoms with Crippen LogP contribution in [-0.4, -0.2) is 19.7 Å². The molecule has 2 aromatic heterocycles. The summed E-state index contributed by atoms with van der Waals surface area (Å²) in [6.45, 7) is 4.14. The number of anilines is 1. The SMILES string of the molecule is CC(C)n1cc(-c2cncc(N)n2)cn1. The zero-order chi connectivity index (χ0) is 10.8. The summed E-state index contributed by atoms with van der Waals surface area (Å²) in [5, 5.41) is 4.23. The summed E-state index contributed by atoms with van der Waals surface area (Å²) in [4.78, 5) is 8.17. The molecule has 0 aromatic carbocycles. The molecule has 2 N–H and O–H groups in total. The first-order valence-corrected chi connectivity index (χ1v) is 4.79. The van der Waals surface area contributed by atoms with Gasteiger partial charge in [-0.1, -0.05) is 0 Å². The van der Waals surface area contributed by atoms with E-state index in [1.54, 1.807) is 12.4 Å². The molecule has 0 unspecified atom stereocenters. The van der Waals surface area contributed by atoms with Gasteiger partial charge in [-0.25, -0.2) is 4.98 Å². The Kier molecular flexibility index (Phi) is 2.37. The number of rotatable bonds is 2. The fourth-order valence-electron chi connectivity index (χ4n) is 1.27. The van der Waals surface area contributed by atoms with Gasteiger partial charge in [0.25, 0.3) is 0 Å². The highest BCUT2D eigenvalue weighted by molar-refractivity contribution is 5.57. The summed E-state index contributed by atoms with van der Waals surface area (Å²) in [7, 11) is 0. The van der Waals surface area contributed by atoms with Crippen LogP contribution in [0.4, 0.5) is 5.82 Å². The van der Waals surface area contributed by atoms with E-state index >= 15 is 0 Å². The lowest BCUT2D eigenvalue weighted by molar-refractivity contribution is 0.532. The zero-order valence-electron chi connectivity index (χ0n) is 8.75. The number of nitrogens with zero attached hydrogens (tertiary/aromatic N) is 4. The molecule has 2 rings (SSSR count). The fourth-order valence-corrected chi connectivity index (χ4v) is 1.27. The first-order chi connectivity index (χ1) is 7.16. The van der Waals surface area contributed by atoms with Crippen molar-refractivity contribution in [2.45, 2.75) is 19.9 Å². The summed E-state index contributed by atoms with van der Waals surface area (Å²) in [6.07, 6.45) is 6.91. The monoisotopic (exact) mass is 203 g/mol. The molecule has 0 fully saturated rings.